The smallest absolute Gasteiger partial charge is 0.407 e. The number of nitrogens with one attached hydrogen (secondary N) is 2. The van der Waals surface area contributed by atoms with Gasteiger partial charge in [0.2, 0.25) is 5.91 Å². The van der Waals surface area contributed by atoms with Gasteiger partial charge in [-0.05, 0) is 55.9 Å². The van der Waals surface area contributed by atoms with Crippen molar-refractivity contribution in [1.82, 2.24) is 10.8 Å². The maximum Gasteiger partial charge on any atom is 0.407 e. The Bertz CT molecular complexity index is 1170. The summed E-state index contributed by atoms with van der Waals surface area (Å²) in [4.78, 5) is 31.4. The second-order valence-electron chi connectivity index (χ2n) is 9.35. The molecule has 1 aromatic carbocycles. The monoisotopic (exact) mass is 550 g/mol. The Kier molecular flexibility index (Phi) is 9.22. The van der Waals surface area contributed by atoms with Crippen LogP contribution in [0.5, 0.6) is 0 Å². The summed E-state index contributed by atoms with van der Waals surface area (Å²) in [7, 11) is -3.56. The number of carbonyl (C=O) groups excluding carboxylic acids is 2. The van der Waals surface area contributed by atoms with Crippen LogP contribution < -0.4 is 10.8 Å². The lowest BCUT2D eigenvalue weighted by atomic mass is 9.94. The Balaban J connectivity index is 1.49. The third-order valence-corrected chi connectivity index (χ3v) is 10.8. The van der Waals surface area contributed by atoms with E-state index in [9.17, 15) is 18.0 Å². The molecule has 2 aliphatic rings. The molecule has 2 aromatic rings. The summed E-state index contributed by atoms with van der Waals surface area (Å²) >= 11 is 1.39. The van der Waals surface area contributed by atoms with Crippen molar-refractivity contribution in [2.45, 2.75) is 69.5 Å². The lowest BCUT2D eigenvalue weighted by molar-refractivity contribution is -0.200. The van der Waals surface area contributed by atoms with E-state index in [-0.39, 0.29) is 18.8 Å². The summed E-state index contributed by atoms with van der Waals surface area (Å²) in [5.41, 5.74) is 4.20. The predicted octanol–water partition coefficient (Wildman–Crippen LogP) is 4.42. The van der Waals surface area contributed by atoms with E-state index < -0.39 is 32.9 Å². The Labute approximate surface area is 221 Å². The zero-order valence-corrected chi connectivity index (χ0v) is 22.6. The van der Waals surface area contributed by atoms with Crippen molar-refractivity contribution in [3.8, 4) is 10.4 Å². The van der Waals surface area contributed by atoms with E-state index in [4.69, 9.17) is 14.3 Å². The van der Waals surface area contributed by atoms with Gasteiger partial charge in [-0.3, -0.25) is 4.79 Å². The molecule has 3 heterocycles. The zero-order valence-electron chi connectivity index (χ0n) is 21.0. The molecular weight excluding hydrogens is 516 g/mol. The summed E-state index contributed by atoms with van der Waals surface area (Å²) in [6.07, 6.45) is 3.16. The molecule has 37 heavy (non-hydrogen) atoms. The van der Waals surface area contributed by atoms with E-state index in [0.717, 1.165) is 35.3 Å². The highest BCUT2D eigenvalue weighted by Crippen LogP contribution is 2.47. The van der Waals surface area contributed by atoms with Crippen molar-refractivity contribution in [2.75, 3.05) is 18.9 Å². The molecule has 0 saturated carbocycles. The van der Waals surface area contributed by atoms with Gasteiger partial charge < -0.3 is 14.8 Å². The van der Waals surface area contributed by atoms with Crippen LogP contribution in [0.3, 0.4) is 0 Å². The lowest BCUT2D eigenvalue weighted by Gasteiger charge is -2.35. The molecule has 0 aliphatic carbocycles. The minimum atomic E-state index is -3.56. The minimum absolute atomic E-state index is 0.0560. The number of alkyl carbamates (subject to hydrolysis) is 1. The molecule has 1 unspecified atom stereocenters. The van der Waals surface area contributed by atoms with E-state index in [1.54, 1.807) is 0 Å². The van der Waals surface area contributed by atoms with Crippen molar-refractivity contribution in [1.29, 1.82) is 0 Å². The number of carbonyl (C=O) groups is 2. The Morgan fingerprint density at radius 2 is 1.92 bits per heavy atom. The number of amides is 2. The van der Waals surface area contributed by atoms with Crippen LogP contribution in [0.25, 0.3) is 10.4 Å². The van der Waals surface area contributed by atoms with Crippen LogP contribution in [0.1, 0.15) is 62.3 Å². The first-order valence-electron chi connectivity index (χ1n) is 12.7. The molecule has 0 bridgehead atoms. The van der Waals surface area contributed by atoms with Crippen LogP contribution in [-0.2, 0) is 40.3 Å². The van der Waals surface area contributed by atoms with Crippen molar-refractivity contribution in [2.24, 2.45) is 0 Å². The highest BCUT2D eigenvalue weighted by atomic mass is 32.2. The molecule has 0 spiro atoms. The number of thiophene rings is 1. The van der Waals surface area contributed by atoms with Gasteiger partial charge >= 0.3 is 6.09 Å². The maximum atomic E-state index is 13.4. The summed E-state index contributed by atoms with van der Waals surface area (Å²) in [6.45, 7) is 3.06. The molecule has 2 atom stereocenters. The average Bonchev–Trinajstić information content (AvgIpc) is 3.39. The molecule has 2 saturated heterocycles. The van der Waals surface area contributed by atoms with E-state index >= 15 is 0 Å². The van der Waals surface area contributed by atoms with Crippen LogP contribution in [0.2, 0.25) is 0 Å². The Morgan fingerprint density at radius 1 is 1.11 bits per heavy atom. The third kappa shape index (κ3) is 6.70. The van der Waals surface area contributed by atoms with E-state index in [2.05, 4.69) is 10.8 Å². The quantitative estimate of drug-likeness (QED) is 0.444. The Morgan fingerprint density at radius 3 is 2.62 bits per heavy atom. The van der Waals surface area contributed by atoms with Crippen LogP contribution in [-0.4, -0.2) is 45.6 Å². The van der Waals surface area contributed by atoms with Gasteiger partial charge in [-0.15, -0.1) is 11.3 Å². The SMILES string of the molecule is CCNC(=O)OCc1ccc(-c2ccc([C@@]3(CC(=O)NOC4CCCCO4)CCCCS3(=O)=O)s2)cc1. The predicted molar refractivity (Wildman–Crippen MR) is 140 cm³/mol. The number of rotatable bonds is 9. The molecule has 2 amide bonds. The van der Waals surface area contributed by atoms with Crippen LogP contribution in [0.15, 0.2) is 36.4 Å². The van der Waals surface area contributed by atoms with E-state index in [0.29, 0.717) is 37.3 Å². The normalized spacial score (nSPS) is 23.2. The highest BCUT2D eigenvalue weighted by molar-refractivity contribution is 7.92. The van der Waals surface area contributed by atoms with Crippen molar-refractivity contribution >= 4 is 33.2 Å². The second-order valence-corrected chi connectivity index (χ2v) is 12.9. The first-order chi connectivity index (χ1) is 17.8. The second kappa shape index (κ2) is 12.4. The van der Waals surface area contributed by atoms with Gasteiger partial charge in [0, 0.05) is 29.3 Å². The molecule has 9 nitrogen and oxygen atoms in total. The number of hydroxylamine groups is 1. The van der Waals surface area contributed by atoms with Gasteiger partial charge in [-0.1, -0.05) is 30.7 Å². The van der Waals surface area contributed by atoms with Gasteiger partial charge in [-0.25, -0.2) is 23.5 Å². The first-order valence-corrected chi connectivity index (χ1v) is 15.2. The van der Waals surface area contributed by atoms with Crippen LogP contribution in [0, 0.1) is 0 Å². The molecule has 11 heteroatoms. The molecule has 202 valence electrons. The fourth-order valence-corrected chi connectivity index (χ4v) is 8.48. The number of ether oxygens (including phenoxy) is 2. The van der Waals surface area contributed by atoms with Crippen molar-refractivity contribution in [3.63, 3.8) is 0 Å². The van der Waals surface area contributed by atoms with Crippen LogP contribution in [0.4, 0.5) is 4.79 Å². The van der Waals surface area contributed by atoms with Gasteiger partial charge in [0.1, 0.15) is 11.4 Å². The fourth-order valence-electron chi connectivity index (χ4n) is 4.69. The van der Waals surface area contributed by atoms with E-state index in [1.807, 2.05) is 43.3 Å². The maximum absolute atomic E-state index is 13.4. The standard InChI is InChI=1S/C26H34N2O7S2/c1-2-27-25(30)34-18-19-8-10-20(11-9-19)21-12-13-22(36-21)26(14-4-6-16-37(26,31)32)17-23(29)28-35-24-7-3-5-15-33-24/h8-13,24H,2-7,14-18H2,1H3,(H,27,30)(H,28,29)/t24?,26-/m0/s1. The summed E-state index contributed by atoms with van der Waals surface area (Å²) < 4.78 is 36.2. The minimum Gasteiger partial charge on any atom is -0.445 e. The van der Waals surface area contributed by atoms with Crippen molar-refractivity contribution in [3.05, 3.63) is 46.8 Å². The zero-order chi connectivity index (χ0) is 26.3. The van der Waals surface area contributed by atoms with Crippen LogP contribution >= 0.6 is 11.3 Å². The van der Waals surface area contributed by atoms with Gasteiger partial charge in [0.15, 0.2) is 16.1 Å². The molecule has 2 fully saturated rings. The van der Waals surface area contributed by atoms with Gasteiger partial charge in [0.05, 0.1) is 12.2 Å². The number of sulfone groups is 1. The average molecular weight is 551 g/mol. The number of hydrogen-bond donors (Lipinski definition) is 2. The molecule has 4 rings (SSSR count). The van der Waals surface area contributed by atoms with E-state index in [1.165, 1.54) is 11.3 Å². The molecule has 1 aromatic heterocycles. The molecule has 0 radical (unpaired) electrons. The summed E-state index contributed by atoms with van der Waals surface area (Å²) in [5.74, 6) is -0.411. The first kappa shape index (κ1) is 27.6. The highest BCUT2D eigenvalue weighted by Gasteiger charge is 2.49. The lowest BCUT2D eigenvalue weighted by Crippen LogP contribution is -2.45. The summed E-state index contributed by atoms with van der Waals surface area (Å²) in [5, 5.41) is 2.58. The molecule has 2 aliphatic heterocycles. The van der Waals surface area contributed by atoms with Gasteiger partial charge in [-0.2, -0.15) is 0 Å². The summed E-state index contributed by atoms with van der Waals surface area (Å²) in [6, 6.07) is 11.3. The van der Waals surface area contributed by atoms with Gasteiger partial charge in [0.25, 0.3) is 0 Å². The fraction of sp³-hybridized carbons (Fsp3) is 0.538. The number of benzene rings is 1. The molecular formula is C26H34N2O7S2. The molecule has 2 N–H and O–H groups in total. The number of hydrogen-bond acceptors (Lipinski definition) is 8. The Hall–Kier alpha value is -2.47. The largest absolute Gasteiger partial charge is 0.445 e. The topological polar surface area (TPSA) is 120 Å². The third-order valence-electron chi connectivity index (χ3n) is 6.71. The van der Waals surface area contributed by atoms with Crippen molar-refractivity contribution < 1.29 is 32.3 Å².